The summed E-state index contributed by atoms with van der Waals surface area (Å²) in [6.45, 7) is 8.95. The molecule has 0 fully saturated rings. The maximum atomic E-state index is 13.8. The molecule has 0 saturated heterocycles. The Balaban J connectivity index is 1.97. The summed E-state index contributed by atoms with van der Waals surface area (Å²) in [5, 5.41) is 17.5. The molecule has 3 amide bonds. The number of phenols is 1. The lowest BCUT2D eigenvalue weighted by atomic mass is 9.99. The summed E-state index contributed by atoms with van der Waals surface area (Å²) in [6.07, 6.45) is 5.31. The Morgan fingerprint density at radius 1 is 1.00 bits per heavy atom. The third kappa shape index (κ3) is 7.99. The second-order valence-electron chi connectivity index (χ2n) is 10.7. The minimum atomic E-state index is -1.30. The van der Waals surface area contributed by atoms with Gasteiger partial charge in [-0.15, -0.1) is 0 Å². The molecule has 3 rings (SSSR count). The molecule has 0 radical (unpaired) electrons. The number of hydrogen-bond acceptors (Lipinski definition) is 5. The number of amides is 3. The molecule has 8 heteroatoms. The second-order valence-corrected chi connectivity index (χ2v) is 10.7. The number of alkyl carbamates (subject to hydrolysis) is 1. The van der Waals surface area contributed by atoms with Crippen molar-refractivity contribution in [1.29, 1.82) is 0 Å². The maximum Gasteiger partial charge on any atom is 0.408 e. The predicted molar refractivity (Wildman–Crippen MR) is 152 cm³/mol. The van der Waals surface area contributed by atoms with Crippen molar-refractivity contribution >= 4 is 34.4 Å². The van der Waals surface area contributed by atoms with E-state index in [1.54, 1.807) is 39.0 Å². The zero-order valence-electron chi connectivity index (χ0n) is 22.9. The van der Waals surface area contributed by atoms with Crippen molar-refractivity contribution in [3.8, 4) is 18.2 Å². The van der Waals surface area contributed by atoms with E-state index in [0.29, 0.717) is 11.3 Å². The maximum absolute atomic E-state index is 13.8. The molecule has 3 N–H and O–H groups in total. The third-order valence-electron chi connectivity index (χ3n) is 5.78. The van der Waals surface area contributed by atoms with Crippen LogP contribution >= 0.6 is 0 Å². The summed E-state index contributed by atoms with van der Waals surface area (Å²) >= 11 is 0. The highest BCUT2D eigenvalue weighted by molar-refractivity contribution is 6.01. The highest BCUT2D eigenvalue weighted by atomic mass is 16.6. The molecule has 8 nitrogen and oxygen atoms in total. The van der Waals surface area contributed by atoms with Crippen LogP contribution in [0.2, 0.25) is 0 Å². The zero-order chi connectivity index (χ0) is 28.7. The van der Waals surface area contributed by atoms with Gasteiger partial charge in [0.2, 0.25) is 0 Å². The van der Waals surface area contributed by atoms with Crippen LogP contribution in [-0.2, 0) is 14.3 Å². The lowest BCUT2D eigenvalue weighted by molar-refractivity contribution is -0.137. The molecule has 2 unspecified atom stereocenters. The Morgan fingerprint density at radius 3 is 2.31 bits per heavy atom. The quantitative estimate of drug-likeness (QED) is 0.261. The van der Waals surface area contributed by atoms with Crippen LogP contribution in [0.25, 0.3) is 10.8 Å². The van der Waals surface area contributed by atoms with Gasteiger partial charge in [0.1, 0.15) is 23.4 Å². The number of carbonyl (C=O) groups is 3. The fourth-order valence-corrected chi connectivity index (χ4v) is 4.17. The lowest BCUT2D eigenvalue weighted by Gasteiger charge is -2.31. The number of benzene rings is 3. The van der Waals surface area contributed by atoms with Crippen molar-refractivity contribution in [3.05, 3.63) is 72.3 Å². The molecule has 0 aliphatic heterocycles. The van der Waals surface area contributed by atoms with Crippen LogP contribution in [0.1, 0.15) is 52.6 Å². The second kappa shape index (κ2) is 12.4. The smallest absolute Gasteiger partial charge is 0.408 e. The van der Waals surface area contributed by atoms with E-state index in [4.69, 9.17) is 11.2 Å². The minimum absolute atomic E-state index is 0.0131. The molecule has 0 aliphatic rings. The van der Waals surface area contributed by atoms with Gasteiger partial charge >= 0.3 is 6.09 Å². The van der Waals surface area contributed by atoms with Crippen molar-refractivity contribution in [1.82, 2.24) is 10.2 Å². The number of fused-ring (bicyclic) bond motifs is 1. The molecule has 0 aliphatic carbocycles. The molecule has 39 heavy (non-hydrogen) atoms. The first-order chi connectivity index (χ1) is 18.4. The average Bonchev–Trinajstić information content (AvgIpc) is 2.84. The van der Waals surface area contributed by atoms with Gasteiger partial charge in [0.15, 0.2) is 0 Å². The number of carbonyl (C=O) groups excluding carboxylic acids is 3. The number of phenolic OH excluding ortho intramolecular Hbond substituents is 1. The molecule has 3 aromatic carbocycles. The molecule has 3 aromatic rings. The highest BCUT2D eigenvalue weighted by Gasteiger charge is 2.36. The number of nitrogens with zero attached hydrogens (tertiary/aromatic N) is 1. The number of rotatable bonds is 8. The topological polar surface area (TPSA) is 108 Å². The molecule has 0 heterocycles. The van der Waals surface area contributed by atoms with Crippen molar-refractivity contribution in [2.24, 2.45) is 5.92 Å². The van der Waals surface area contributed by atoms with Crippen molar-refractivity contribution in [2.75, 3.05) is 5.32 Å². The van der Waals surface area contributed by atoms with E-state index in [1.807, 2.05) is 50.2 Å². The normalized spacial score (nSPS) is 12.7. The largest absolute Gasteiger partial charge is 0.508 e. The van der Waals surface area contributed by atoms with Crippen LogP contribution in [0.5, 0.6) is 5.75 Å². The number of hydrogen-bond donors (Lipinski definition) is 3. The van der Waals surface area contributed by atoms with Crippen LogP contribution in [-0.4, -0.2) is 39.6 Å². The average molecular weight is 530 g/mol. The van der Waals surface area contributed by atoms with Gasteiger partial charge in [-0.05, 0) is 73.7 Å². The summed E-state index contributed by atoms with van der Waals surface area (Å²) in [5.74, 6) is -1.31. The Morgan fingerprint density at radius 2 is 1.69 bits per heavy atom. The van der Waals surface area contributed by atoms with E-state index in [9.17, 15) is 19.5 Å². The van der Waals surface area contributed by atoms with Crippen LogP contribution in [0.4, 0.5) is 10.5 Å². The van der Waals surface area contributed by atoms with E-state index in [0.717, 1.165) is 15.7 Å². The van der Waals surface area contributed by atoms with Gasteiger partial charge in [-0.3, -0.25) is 14.5 Å². The van der Waals surface area contributed by atoms with E-state index >= 15 is 0 Å². The summed E-state index contributed by atoms with van der Waals surface area (Å²) in [4.78, 5) is 41.1. The third-order valence-corrected chi connectivity index (χ3v) is 5.78. The zero-order valence-corrected chi connectivity index (χ0v) is 22.9. The Hall–Kier alpha value is -4.51. The molecular weight excluding hydrogens is 494 g/mol. The van der Waals surface area contributed by atoms with Gasteiger partial charge in [-0.25, -0.2) is 4.79 Å². The monoisotopic (exact) mass is 529 g/mol. The first-order valence-electron chi connectivity index (χ1n) is 12.8. The van der Waals surface area contributed by atoms with E-state index < -0.39 is 35.6 Å². The van der Waals surface area contributed by atoms with Crippen LogP contribution in [0.3, 0.4) is 0 Å². The van der Waals surface area contributed by atoms with E-state index in [-0.39, 0.29) is 18.1 Å². The lowest BCUT2D eigenvalue weighted by Crippen LogP contribution is -2.51. The van der Waals surface area contributed by atoms with Crippen LogP contribution in [0, 0.1) is 18.4 Å². The molecule has 0 spiro atoms. The number of anilines is 1. The van der Waals surface area contributed by atoms with Crippen molar-refractivity contribution in [2.45, 2.75) is 58.7 Å². The van der Waals surface area contributed by atoms with Gasteiger partial charge in [0.25, 0.3) is 11.8 Å². The molecule has 204 valence electrons. The number of aromatic hydroxyl groups is 1. The summed E-state index contributed by atoms with van der Waals surface area (Å²) < 4.78 is 5.35. The van der Waals surface area contributed by atoms with Crippen LogP contribution < -0.4 is 10.6 Å². The van der Waals surface area contributed by atoms with Gasteiger partial charge in [-0.1, -0.05) is 62.7 Å². The van der Waals surface area contributed by atoms with E-state index in [2.05, 4.69) is 16.7 Å². The van der Waals surface area contributed by atoms with E-state index in [1.165, 1.54) is 12.1 Å². The number of ether oxygens (including phenoxy) is 1. The fraction of sp³-hybridized carbons (Fsp3) is 0.323. The van der Waals surface area contributed by atoms with Gasteiger partial charge in [0, 0.05) is 11.7 Å². The first-order valence-corrected chi connectivity index (χ1v) is 12.8. The SMILES string of the molecule is C#CN(C(=O)C(CC(C)C)NC(=O)OC(C)(C)C)C(C(=O)Nc1ccc2ccccc2c1)c1cccc(O)c1. The summed E-state index contributed by atoms with van der Waals surface area (Å²) in [6, 6.07) is 19.1. The van der Waals surface area contributed by atoms with Crippen molar-refractivity contribution in [3.63, 3.8) is 0 Å². The summed E-state index contributed by atoms with van der Waals surface area (Å²) in [7, 11) is 0. The molecule has 0 saturated carbocycles. The molecular formula is C31H35N3O5. The predicted octanol–water partition coefficient (Wildman–Crippen LogP) is 5.58. The first kappa shape index (κ1) is 29.1. The Kier molecular flexibility index (Phi) is 9.20. The van der Waals surface area contributed by atoms with Gasteiger partial charge in [-0.2, -0.15) is 0 Å². The Bertz CT molecular complexity index is 1390. The Labute approximate surface area is 229 Å². The molecule has 0 bridgehead atoms. The van der Waals surface area contributed by atoms with Crippen LogP contribution in [0.15, 0.2) is 66.7 Å². The number of nitrogens with one attached hydrogen (secondary N) is 2. The van der Waals surface area contributed by atoms with Crippen molar-refractivity contribution < 1.29 is 24.2 Å². The van der Waals surface area contributed by atoms with Gasteiger partial charge < -0.3 is 20.5 Å². The minimum Gasteiger partial charge on any atom is -0.508 e. The standard InChI is InChI=1S/C31H35N3O5/c1-7-34(29(37)26(17-20(2)3)33-30(38)39-31(4,5)6)27(23-13-10-14-25(35)19-23)28(36)32-24-16-15-21-11-8-9-12-22(21)18-24/h1,8-16,18-20,26-27,35H,17H2,2-6H3,(H,32,36)(H,33,38). The molecule has 2 atom stereocenters. The van der Waals surface area contributed by atoms with Gasteiger partial charge in [0.05, 0.1) is 0 Å². The highest BCUT2D eigenvalue weighted by Crippen LogP contribution is 2.28. The fourth-order valence-electron chi connectivity index (χ4n) is 4.17. The molecule has 0 aromatic heterocycles. The number of terminal acetylenes is 1. The summed E-state index contributed by atoms with van der Waals surface area (Å²) in [5.41, 5.74) is 0.0459.